The number of aromatic nitrogens is 3. The summed E-state index contributed by atoms with van der Waals surface area (Å²) in [6, 6.07) is 7.87. The second-order valence-corrected chi connectivity index (χ2v) is 4.16. The molecule has 5 nitrogen and oxygen atoms in total. The minimum absolute atomic E-state index is 0.240. The van der Waals surface area contributed by atoms with Crippen molar-refractivity contribution in [2.45, 2.75) is 6.54 Å². The van der Waals surface area contributed by atoms with Gasteiger partial charge in [0.05, 0.1) is 5.56 Å². The Bertz CT molecular complexity index is 727. The zero-order valence-electron chi connectivity index (χ0n) is 10.5. The van der Waals surface area contributed by atoms with Crippen molar-refractivity contribution in [1.82, 2.24) is 15.2 Å². The highest BCUT2D eigenvalue weighted by atomic mass is 19.1. The fourth-order valence-electron chi connectivity index (χ4n) is 1.86. The Kier molecular flexibility index (Phi) is 3.22. The number of hydrogen-bond acceptors (Lipinski definition) is 5. The number of nitrogens with two attached hydrogens (primary N) is 1. The van der Waals surface area contributed by atoms with E-state index in [-0.39, 0.29) is 18.3 Å². The molecule has 1 aromatic carbocycles. The van der Waals surface area contributed by atoms with E-state index in [1.54, 1.807) is 30.6 Å². The molecular weight excluding hydrogens is 259 g/mol. The van der Waals surface area contributed by atoms with Gasteiger partial charge in [-0.3, -0.25) is 4.98 Å². The Morgan fingerprint density at radius 1 is 1.15 bits per heavy atom. The molecule has 0 radical (unpaired) electrons. The summed E-state index contributed by atoms with van der Waals surface area (Å²) < 4.78 is 18.9. The Morgan fingerprint density at radius 2 is 2.00 bits per heavy atom. The van der Waals surface area contributed by atoms with Crippen LogP contribution in [0.2, 0.25) is 0 Å². The average Bonchev–Trinajstić information content (AvgIpc) is 2.98. The van der Waals surface area contributed by atoms with Crippen LogP contribution >= 0.6 is 0 Å². The van der Waals surface area contributed by atoms with E-state index in [0.29, 0.717) is 17.0 Å². The van der Waals surface area contributed by atoms with E-state index < -0.39 is 0 Å². The normalized spacial score (nSPS) is 10.7. The van der Waals surface area contributed by atoms with E-state index in [1.165, 1.54) is 12.1 Å². The van der Waals surface area contributed by atoms with E-state index in [4.69, 9.17) is 10.2 Å². The van der Waals surface area contributed by atoms with Crippen molar-refractivity contribution in [3.8, 4) is 22.9 Å². The monoisotopic (exact) mass is 270 g/mol. The number of rotatable bonds is 3. The van der Waals surface area contributed by atoms with Crippen molar-refractivity contribution < 1.29 is 8.81 Å². The predicted octanol–water partition coefficient (Wildman–Crippen LogP) is 2.40. The topological polar surface area (TPSA) is 77.8 Å². The lowest BCUT2D eigenvalue weighted by molar-refractivity contribution is 0.580. The van der Waals surface area contributed by atoms with Gasteiger partial charge in [0.25, 0.3) is 0 Å². The van der Waals surface area contributed by atoms with Gasteiger partial charge in [0.1, 0.15) is 5.82 Å². The second kappa shape index (κ2) is 5.18. The van der Waals surface area contributed by atoms with E-state index in [9.17, 15) is 4.39 Å². The van der Waals surface area contributed by atoms with Gasteiger partial charge in [-0.15, -0.1) is 10.2 Å². The maximum atomic E-state index is 13.4. The lowest BCUT2D eigenvalue weighted by atomic mass is 10.1. The lowest BCUT2D eigenvalue weighted by Gasteiger charge is -2.03. The molecule has 3 rings (SSSR count). The molecule has 0 atom stereocenters. The first-order chi connectivity index (χ1) is 9.78. The van der Waals surface area contributed by atoms with Gasteiger partial charge in [0.15, 0.2) is 0 Å². The van der Waals surface area contributed by atoms with Crippen LogP contribution < -0.4 is 5.73 Å². The lowest BCUT2D eigenvalue weighted by Crippen LogP contribution is -1.99. The Hall–Kier alpha value is -2.60. The molecule has 2 heterocycles. The van der Waals surface area contributed by atoms with Gasteiger partial charge in [-0.25, -0.2) is 4.39 Å². The molecule has 0 aliphatic rings. The van der Waals surface area contributed by atoms with Crippen LogP contribution in [0.3, 0.4) is 0 Å². The number of pyridine rings is 1. The Morgan fingerprint density at radius 3 is 2.75 bits per heavy atom. The summed E-state index contributed by atoms with van der Waals surface area (Å²) in [5.74, 6) is 0.197. The molecule has 0 bridgehead atoms. The van der Waals surface area contributed by atoms with Crippen LogP contribution in [0.1, 0.15) is 5.56 Å². The molecule has 0 fully saturated rings. The summed E-state index contributed by atoms with van der Waals surface area (Å²) in [6.07, 6.45) is 3.27. The molecule has 20 heavy (non-hydrogen) atoms. The van der Waals surface area contributed by atoms with Crippen molar-refractivity contribution in [2.75, 3.05) is 0 Å². The van der Waals surface area contributed by atoms with Crippen molar-refractivity contribution >= 4 is 0 Å². The van der Waals surface area contributed by atoms with Crippen molar-refractivity contribution in [3.63, 3.8) is 0 Å². The third-order valence-corrected chi connectivity index (χ3v) is 2.86. The largest absolute Gasteiger partial charge is 0.416 e. The maximum Gasteiger partial charge on any atom is 0.249 e. The van der Waals surface area contributed by atoms with Crippen LogP contribution in [0.25, 0.3) is 22.9 Å². The number of hydrogen-bond donors (Lipinski definition) is 1. The van der Waals surface area contributed by atoms with Gasteiger partial charge < -0.3 is 10.2 Å². The van der Waals surface area contributed by atoms with Gasteiger partial charge in [-0.1, -0.05) is 6.07 Å². The minimum atomic E-state index is -0.377. The summed E-state index contributed by atoms with van der Waals surface area (Å²) in [4.78, 5) is 3.98. The van der Waals surface area contributed by atoms with Crippen LogP contribution in [0, 0.1) is 5.82 Å². The van der Waals surface area contributed by atoms with E-state index >= 15 is 0 Å². The Balaban J connectivity index is 2.04. The summed E-state index contributed by atoms with van der Waals surface area (Å²) in [6.45, 7) is 0.264. The van der Waals surface area contributed by atoms with Crippen molar-refractivity contribution in [2.24, 2.45) is 5.73 Å². The quantitative estimate of drug-likeness (QED) is 0.790. The van der Waals surface area contributed by atoms with Gasteiger partial charge in [-0.05, 0) is 29.8 Å². The van der Waals surface area contributed by atoms with Gasteiger partial charge in [0, 0.05) is 24.5 Å². The maximum absolute atomic E-state index is 13.4. The highest BCUT2D eigenvalue weighted by Gasteiger charge is 2.14. The fraction of sp³-hybridized carbons (Fsp3) is 0.0714. The van der Waals surface area contributed by atoms with E-state index in [1.807, 2.05) is 0 Å². The zero-order valence-corrected chi connectivity index (χ0v) is 10.5. The van der Waals surface area contributed by atoms with Crippen LogP contribution in [0.5, 0.6) is 0 Å². The summed E-state index contributed by atoms with van der Waals surface area (Å²) >= 11 is 0. The first-order valence-electron chi connectivity index (χ1n) is 6.00. The molecule has 0 aliphatic carbocycles. The summed E-state index contributed by atoms with van der Waals surface area (Å²) in [5, 5.41) is 7.89. The highest BCUT2D eigenvalue weighted by Crippen LogP contribution is 2.26. The molecule has 3 aromatic rings. The summed E-state index contributed by atoms with van der Waals surface area (Å²) in [5.41, 5.74) is 7.59. The third kappa shape index (κ3) is 2.28. The van der Waals surface area contributed by atoms with E-state index in [0.717, 1.165) is 5.56 Å². The highest BCUT2D eigenvalue weighted by molar-refractivity contribution is 5.60. The molecule has 6 heteroatoms. The summed E-state index contributed by atoms with van der Waals surface area (Å²) in [7, 11) is 0. The van der Waals surface area contributed by atoms with Crippen molar-refractivity contribution in [3.05, 3.63) is 54.1 Å². The van der Waals surface area contributed by atoms with E-state index in [2.05, 4.69) is 15.2 Å². The molecule has 100 valence electrons. The second-order valence-electron chi connectivity index (χ2n) is 4.16. The van der Waals surface area contributed by atoms with Gasteiger partial charge >= 0.3 is 0 Å². The Labute approximate surface area is 114 Å². The molecule has 2 N–H and O–H groups in total. The fourth-order valence-corrected chi connectivity index (χ4v) is 1.86. The minimum Gasteiger partial charge on any atom is -0.416 e. The predicted molar refractivity (Wildman–Crippen MR) is 70.8 cm³/mol. The van der Waals surface area contributed by atoms with Gasteiger partial charge in [-0.2, -0.15) is 0 Å². The zero-order chi connectivity index (χ0) is 13.9. The van der Waals surface area contributed by atoms with Crippen LogP contribution in [-0.2, 0) is 6.54 Å². The molecule has 0 aliphatic heterocycles. The smallest absolute Gasteiger partial charge is 0.249 e. The molecule has 2 aromatic heterocycles. The van der Waals surface area contributed by atoms with Gasteiger partial charge in [0.2, 0.25) is 11.8 Å². The first kappa shape index (κ1) is 12.4. The molecule has 0 amide bonds. The van der Waals surface area contributed by atoms with Crippen LogP contribution in [0.4, 0.5) is 4.39 Å². The molecule has 0 saturated carbocycles. The molecule has 0 saturated heterocycles. The number of nitrogens with zero attached hydrogens (tertiary/aromatic N) is 3. The van der Waals surface area contributed by atoms with Crippen molar-refractivity contribution in [1.29, 1.82) is 0 Å². The average molecular weight is 270 g/mol. The molecular formula is C14H11FN4O. The third-order valence-electron chi connectivity index (χ3n) is 2.86. The SMILES string of the molecule is NCc1ccc(F)cc1-c1nnc(-c2cccnc2)o1. The molecule has 0 unspecified atom stereocenters. The standard InChI is InChI=1S/C14H11FN4O/c15-11-4-3-9(7-16)12(6-11)14-19-18-13(20-14)10-2-1-5-17-8-10/h1-6,8H,7,16H2. The number of benzene rings is 1. The van der Waals surface area contributed by atoms with Crippen LogP contribution in [0.15, 0.2) is 47.1 Å². The molecule has 0 spiro atoms. The number of halogens is 1. The van der Waals surface area contributed by atoms with Crippen LogP contribution in [-0.4, -0.2) is 15.2 Å². The first-order valence-corrected chi connectivity index (χ1v) is 6.00.